The van der Waals surface area contributed by atoms with Crippen LogP contribution in [0.3, 0.4) is 0 Å². The van der Waals surface area contributed by atoms with E-state index >= 15 is 0 Å². The topological polar surface area (TPSA) is 99.2 Å². The zero-order chi connectivity index (χ0) is 21.3. The molecular weight excluding hydrogens is 387 g/mol. The molecule has 0 aliphatic rings. The molecule has 0 aliphatic carbocycles. The maximum atomic E-state index is 13.3. The summed E-state index contributed by atoms with van der Waals surface area (Å²) in [6, 6.07) is 13.3. The van der Waals surface area contributed by atoms with Crippen LogP contribution in [0.4, 0.5) is 14.9 Å². The second-order valence-corrected chi connectivity index (χ2v) is 6.19. The average Bonchev–Trinajstić information content (AvgIpc) is 3.17. The number of nitrogens with one attached hydrogen (secondary N) is 1. The second-order valence-electron chi connectivity index (χ2n) is 6.19. The van der Waals surface area contributed by atoms with Crippen LogP contribution < -0.4 is 15.8 Å². The van der Waals surface area contributed by atoms with Crippen LogP contribution >= 0.6 is 0 Å². The SMILES string of the molecule is NC(=O)Oc1cc(F)ccc1NC(=O)/C=C/c1cnn(C/C=C/c2ccccc2)c1. The summed E-state index contributed by atoms with van der Waals surface area (Å²) in [4.78, 5) is 23.1. The molecule has 1 aromatic heterocycles. The number of ether oxygens (including phenoxy) is 1. The van der Waals surface area contributed by atoms with Gasteiger partial charge in [0.15, 0.2) is 5.75 Å². The Morgan fingerprint density at radius 2 is 1.93 bits per heavy atom. The predicted molar refractivity (Wildman–Crippen MR) is 112 cm³/mol. The fourth-order valence-corrected chi connectivity index (χ4v) is 2.56. The summed E-state index contributed by atoms with van der Waals surface area (Å²) in [5.74, 6) is -1.30. The Hall–Kier alpha value is -4.20. The third kappa shape index (κ3) is 6.16. The molecule has 3 aromatic rings. The molecule has 0 spiro atoms. The average molecular weight is 406 g/mol. The van der Waals surface area contributed by atoms with Gasteiger partial charge in [0.1, 0.15) is 5.82 Å². The largest absolute Gasteiger partial charge is 0.410 e. The Morgan fingerprint density at radius 1 is 1.13 bits per heavy atom. The lowest BCUT2D eigenvalue weighted by Crippen LogP contribution is -2.18. The molecule has 0 bridgehead atoms. The van der Waals surface area contributed by atoms with Crippen LogP contribution in [0.5, 0.6) is 5.75 Å². The van der Waals surface area contributed by atoms with Crippen molar-refractivity contribution in [3.63, 3.8) is 0 Å². The summed E-state index contributed by atoms with van der Waals surface area (Å²) in [7, 11) is 0. The number of halogens is 1. The van der Waals surface area contributed by atoms with E-state index in [0.29, 0.717) is 6.54 Å². The molecule has 3 N–H and O–H groups in total. The van der Waals surface area contributed by atoms with Gasteiger partial charge in [-0.05, 0) is 23.8 Å². The van der Waals surface area contributed by atoms with E-state index in [1.165, 1.54) is 12.1 Å². The zero-order valence-corrected chi connectivity index (χ0v) is 15.9. The van der Waals surface area contributed by atoms with Gasteiger partial charge in [-0.1, -0.05) is 42.5 Å². The van der Waals surface area contributed by atoms with Crippen LogP contribution in [0.25, 0.3) is 12.2 Å². The van der Waals surface area contributed by atoms with Gasteiger partial charge in [0.2, 0.25) is 5.91 Å². The summed E-state index contributed by atoms with van der Waals surface area (Å²) in [5.41, 5.74) is 6.90. The summed E-state index contributed by atoms with van der Waals surface area (Å²) in [6.07, 6.45) is 9.16. The van der Waals surface area contributed by atoms with E-state index in [2.05, 4.69) is 10.4 Å². The molecule has 8 heteroatoms. The van der Waals surface area contributed by atoms with E-state index in [9.17, 15) is 14.0 Å². The predicted octanol–water partition coefficient (Wildman–Crippen LogP) is 3.85. The minimum Gasteiger partial charge on any atom is -0.408 e. The number of benzene rings is 2. The molecular formula is C22H19FN4O3. The van der Waals surface area contributed by atoms with Gasteiger partial charge in [0.05, 0.1) is 18.4 Å². The summed E-state index contributed by atoms with van der Waals surface area (Å²) in [5, 5.41) is 6.74. The molecule has 0 saturated heterocycles. The number of hydrogen-bond donors (Lipinski definition) is 2. The third-order valence-electron chi connectivity index (χ3n) is 3.89. The van der Waals surface area contributed by atoms with Crippen molar-refractivity contribution in [1.29, 1.82) is 0 Å². The number of nitrogens with two attached hydrogens (primary N) is 1. The highest BCUT2D eigenvalue weighted by atomic mass is 19.1. The molecule has 0 fully saturated rings. The Kier molecular flexibility index (Phi) is 6.73. The molecule has 7 nitrogen and oxygen atoms in total. The van der Waals surface area contributed by atoms with Crippen LogP contribution in [-0.2, 0) is 11.3 Å². The van der Waals surface area contributed by atoms with Crippen molar-refractivity contribution < 1.29 is 18.7 Å². The second kappa shape index (κ2) is 9.83. The van der Waals surface area contributed by atoms with Crippen molar-refractivity contribution in [2.45, 2.75) is 6.54 Å². The molecule has 0 saturated carbocycles. The molecule has 1 heterocycles. The Labute approximate surface area is 172 Å². The van der Waals surface area contributed by atoms with Crippen LogP contribution in [0.15, 0.2) is 73.1 Å². The minimum absolute atomic E-state index is 0.117. The molecule has 0 aliphatic heterocycles. The molecule has 2 amide bonds. The van der Waals surface area contributed by atoms with Gasteiger partial charge in [0.25, 0.3) is 0 Å². The number of carbonyl (C=O) groups excluding carboxylic acids is 2. The van der Waals surface area contributed by atoms with Crippen molar-refractivity contribution >= 4 is 29.8 Å². The molecule has 30 heavy (non-hydrogen) atoms. The van der Waals surface area contributed by atoms with Crippen molar-refractivity contribution in [3.05, 3.63) is 90.0 Å². The molecule has 0 unspecified atom stereocenters. The number of primary amides is 1. The van der Waals surface area contributed by atoms with E-state index in [4.69, 9.17) is 10.5 Å². The van der Waals surface area contributed by atoms with E-state index in [1.807, 2.05) is 42.5 Å². The zero-order valence-electron chi connectivity index (χ0n) is 15.9. The number of hydrogen-bond acceptors (Lipinski definition) is 4. The Balaban J connectivity index is 1.58. The first-order chi connectivity index (χ1) is 14.5. The van der Waals surface area contributed by atoms with E-state index in [-0.39, 0.29) is 11.4 Å². The highest BCUT2D eigenvalue weighted by molar-refractivity contribution is 6.02. The number of anilines is 1. The standard InChI is InChI=1S/C22H19FN4O3/c23-18-9-10-19(20(13-18)30-22(24)29)26-21(28)11-8-17-14-25-27(15-17)12-4-7-16-5-2-1-3-6-16/h1-11,13-15H,12H2,(H2,24,29)(H,26,28)/b7-4+,11-8+. The highest BCUT2D eigenvalue weighted by Gasteiger charge is 2.10. The third-order valence-corrected chi connectivity index (χ3v) is 3.89. The van der Waals surface area contributed by atoms with Gasteiger partial charge in [0, 0.05) is 23.9 Å². The van der Waals surface area contributed by atoms with E-state index in [0.717, 1.165) is 23.3 Å². The van der Waals surface area contributed by atoms with Gasteiger partial charge in [-0.15, -0.1) is 0 Å². The van der Waals surface area contributed by atoms with Crippen molar-refractivity contribution in [3.8, 4) is 5.75 Å². The quantitative estimate of drug-likeness (QED) is 0.582. The minimum atomic E-state index is -1.11. The molecule has 152 valence electrons. The number of amides is 2. The van der Waals surface area contributed by atoms with E-state index < -0.39 is 17.8 Å². The molecule has 0 radical (unpaired) electrons. The number of allylic oxidation sites excluding steroid dienone is 1. The number of rotatable bonds is 7. The van der Waals surface area contributed by atoms with Crippen molar-refractivity contribution in [1.82, 2.24) is 9.78 Å². The van der Waals surface area contributed by atoms with Crippen LogP contribution in [0.2, 0.25) is 0 Å². The number of aromatic nitrogens is 2. The first kappa shape index (κ1) is 20.5. The van der Waals surface area contributed by atoms with Gasteiger partial charge < -0.3 is 15.8 Å². The molecule has 3 rings (SSSR count). The summed E-state index contributed by atoms with van der Waals surface area (Å²) >= 11 is 0. The fraction of sp³-hybridized carbons (Fsp3) is 0.0455. The lowest BCUT2D eigenvalue weighted by molar-refractivity contribution is -0.111. The van der Waals surface area contributed by atoms with Crippen molar-refractivity contribution in [2.75, 3.05) is 5.32 Å². The first-order valence-corrected chi connectivity index (χ1v) is 8.99. The highest BCUT2D eigenvalue weighted by Crippen LogP contribution is 2.25. The van der Waals surface area contributed by atoms with Crippen LogP contribution in [0, 0.1) is 5.82 Å². The van der Waals surface area contributed by atoms with Crippen molar-refractivity contribution in [2.24, 2.45) is 5.73 Å². The summed E-state index contributed by atoms with van der Waals surface area (Å²) < 4.78 is 19.8. The lowest BCUT2D eigenvalue weighted by Gasteiger charge is -2.08. The lowest BCUT2D eigenvalue weighted by atomic mass is 10.2. The van der Waals surface area contributed by atoms with Crippen LogP contribution in [-0.4, -0.2) is 21.8 Å². The summed E-state index contributed by atoms with van der Waals surface area (Å²) in [6.45, 7) is 0.582. The van der Waals surface area contributed by atoms with Gasteiger partial charge >= 0.3 is 6.09 Å². The maximum absolute atomic E-state index is 13.3. The monoisotopic (exact) mass is 406 g/mol. The van der Waals surface area contributed by atoms with Gasteiger partial charge in [-0.2, -0.15) is 5.10 Å². The van der Waals surface area contributed by atoms with E-state index in [1.54, 1.807) is 23.2 Å². The smallest absolute Gasteiger partial charge is 0.408 e. The normalized spacial score (nSPS) is 11.1. The van der Waals surface area contributed by atoms with Crippen LogP contribution in [0.1, 0.15) is 11.1 Å². The fourth-order valence-electron chi connectivity index (χ4n) is 2.56. The van der Waals surface area contributed by atoms with Gasteiger partial charge in [-0.25, -0.2) is 9.18 Å². The molecule has 2 aromatic carbocycles. The van der Waals surface area contributed by atoms with Gasteiger partial charge in [-0.3, -0.25) is 9.48 Å². The molecule has 0 atom stereocenters. The first-order valence-electron chi connectivity index (χ1n) is 8.99. The number of carbonyl (C=O) groups is 2. The Bertz CT molecular complexity index is 1090. The number of nitrogens with zero attached hydrogens (tertiary/aromatic N) is 2. The maximum Gasteiger partial charge on any atom is 0.410 e. The Morgan fingerprint density at radius 3 is 2.70 bits per heavy atom.